The van der Waals surface area contributed by atoms with Gasteiger partial charge in [-0.3, -0.25) is 24.7 Å². The minimum absolute atomic E-state index is 0.0180. The molecule has 5 rings (SSSR count). The number of carbonyl (C=O) groups is 2. The maximum atomic E-state index is 13.6. The molecule has 264 valence electrons. The number of amides is 2. The van der Waals surface area contributed by atoms with Gasteiger partial charge in [0, 0.05) is 43.5 Å². The van der Waals surface area contributed by atoms with Crippen molar-refractivity contribution in [3.8, 4) is 28.7 Å². The Hall–Kier alpha value is -5.53. The molecular formula is C36H41N5O9. The molecule has 0 spiro atoms. The molecule has 2 heterocycles. The molecule has 0 saturated carbocycles. The highest BCUT2D eigenvalue weighted by Crippen LogP contribution is 2.44. The predicted molar refractivity (Wildman–Crippen MR) is 186 cm³/mol. The molecule has 3 aromatic carbocycles. The van der Waals surface area contributed by atoms with E-state index < -0.39 is 22.0 Å². The molecule has 2 aliphatic heterocycles. The van der Waals surface area contributed by atoms with Gasteiger partial charge in [0.15, 0.2) is 11.5 Å². The zero-order chi connectivity index (χ0) is 36.1. The third kappa shape index (κ3) is 7.24. The lowest BCUT2D eigenvalue weighted by Gasteiger charge is -2.46. The van der Waals surface area contributed by atoms with Crippen LogP contribution in [0.25, 0.3) is 0 Å². The Bertz CT molecular complexity index is 1780. The molecular weight excluding hydrogens is 646 g/mol. The first-order valence-corrected chi connectivity index (χ1v) is 16.4. The summed E-state index contributed by atoms with van der Waals surface area (Å²) in [7, 11) is 3.00. The number of rotatable bonds is 13. The van der Waals surface area contributed by atoms with E-state index in [1.54, 1.807) is 61.4 Å². The maximum absolute atomic E-state index is 13.6. The summed E-state index contributed by atoms with van der Waals surface area (Å²) in [6.45, 7) is 6.88. The first-order valence-electron chi connectivity index (χ1n) is 16.4. The van der Waals surface area contributed by atoms with E-state index in [-0.39, 0.29) is 48.8 Å². The van der Waals surface area contributed by atoms with Crippen LogP contribution in [-0.4, -0.2) is 84.3 Å². The number of nitrogens with zero attached hydrogens (tertiary/aromatic N) is 5. The zero-order valence-electron chi connectivity index (χ0n) is 28.8. The van der Waals surface area contributed by atoms with Gasteiger partial charge < -0.3 is 28.7 Å². The number of piperidine rings is 1. The lowest BCUT2D eigenvalue weighted by molar-refractivity contribution is -0.385. The van der Waals surface area contributed by atoms with E-state index >= 15 is 0 Å². The van der Waals surface area contributed by atoms with Gasteiger partial charge in [-0.1, -0.05) is 18.5 Å². The van der Waals surface area contributed by atoms with Crippen molar-refractivity contribution < 1.29 is 33.5 Å². The summed E-state index contributed by atoms with van der Waals surface area (Å²) in [5, 5.41) is 15.5. The molecule has 2 aliphatic rings. The number of fused-ring (bicyclic) bond motifs is 1. The van der Waals surface area contributed by atoms with Crippen LogP contribution >= 0.6 is 0 Å². The van der Waals surface area contributed by atoms with Crippen LogP contribution in [0.4, 0.5) is 11.4 Å². The summed E-state index contributed by atoms with van der Waals surface area (Å²) in [4.78, 5) is 58.6. The van der Waals surface area contributed by atoms with Crippen LogP contribution in [0.3, 0.4) is 0 Å². The van der Waals surface area contributed by atoms with Crippen molar-refractivity contribution in [3.63, 3.8) is 0 Å². The number of nitroso groups, excluding NO2 is 1. The first kappa shape index (κ1) is 35.8. The highest BCUT2D eigenvalue weighted by molar-refractivity contribution is 6.02. The lowest BCUT2D eigenvalue weighted by atomic mass is 9.75. The fourth-order valence-electron chi connectivity index (χ4n) is 6.18. The van der Waals surface area contributed by atoms with Gasteiger partial charge in [-0.25, -0.2) is 0 Å². The van der Waals surface area contributed by atoms with Gasteiger partial charge in [-0.05, 0) is 75.6 Å². The number of methoxy groups -OCH3 is 2. The molecule has 2 amide bonds. The largest absolute Gasteiger partial charge is 0.497 e. The summed E-state index contributed by atoms with van der Waals surface area (Å²) in [6, 6.07) is 13.9. The normalized spacial score (nSPS) is 15.5. The van der Waals surface area contributed by atoms with Crippen molar-refractivity contribution in [3.05, 3.63) is 80.7 Å². The van der Waals surface area contributed by atoms with Gasteiger partial charge in [0.05, 0.1) is 36.9 Å². The van der Waals surface area contributed by atoms with E-state index in [0.29, 0.717) is 47.3 Å². The molecule has 1 fully saturated rings. The first-order chi connectivity index (χ1) is 24.0. The van der Waals surface area contributed by atoms with Gasteiger partial charge in [0.25, 0.3) is 11.8 Å². The standard InChI is InChI=1S/C36H41N5O9/c1-6-7-17-39-20-16-37-28-23-32(31(48-5)22-27(28)34(39)43)50-35(2,3)36(38-44)14-18-40(19-15-36)33(42)24-8-13-30(29(21-24)41(45)46)49-26-11-9-25(47-4)10-12-26/h8-13,16,21-23H,6-7,14-15,17-20H2,1-5H3. The van der Waals surface area contributed by atoms with Gasteiger partial charge >= 0.3 is 5.69 Å². The quantitative estimate of drug-likeness (QED) is 0.105. The molecule has 0 unspecified atom stereocenters. The number of aliphatic imine (C=N–C) groups is 1. The fraction of sp³-hybridized carbons (Fsp3) is 0.417. The van der Waals surface area contributed by atoms with Crippen molar-refractivity contribution in [1.29, 1.82) is 0 Å². The minimum atomic E-state index is -1.24. The van der Waals surface area contributed by atoms with E-state index in [0.717, 1.165) is 12.8 Å². The molecule has 0 radical (unpaired) electrons. The van der Waals surface area contributed by atoms with Crippen molar-refractivity contribution in [1.82, 2.24) is 9.80 Å². The molecule has 1 saturated heterocycles. The maximum Gasteiger partial charge on any atom is 0.312 e. The number of ether oxygens (including phenoxy) is 4. The van der Waals surface area contributed by atoms with Crippen LogP contribution in [-0.2, 0) is 0 Å². The summed E-state index contributed by atoms with van der Waals surface area (Å²) < 4.78 is 23.0. The lowest BCUT2D eigenvalue weighted by Crippen LogP contribution is -2.58. The molecule has 0 N–H and O–H groups in total. The Morgan fingerprint density at radius 2 is 1.70 bits per heavy atom. The third-order valence-electron chi connectivity index (χ3n) is 9.34. The topological polar surface area (TPSA) is 162 Å². The highest BCUT2D eigenvalue weighted by atomic mass is 16.6. The van der Waals surface area contributed by atoms with Gasteiger partial charge in [-0.15, -0.1) is 0 Å². The molecule has 14 nitrogen and oxygen atoms in total. The van der Waals surface area contributed by atoms with E-state index in [9.17, 15) is 24.6 Å². The van der Waals surface area contributed by atoms with E-state index in [1.807, 2.05) is 0 Å². The number of hydrogen-bond acceptors (Lipinski definition) is 11. The number of benzene rings is 3. The Morgan fingerprint density at radius 3 is 2.32 bits per heavy atom. The number of nitro benzene ring substituents is 1. The fourth-order valence-corrected chi connectivity index (χ4v) is 6.18. The molecule has 0 aromatic heterocycles. The number of nitro groups is 1. The van der Waals surface area contributed by atoms with Crippen LogP contribution in [0.1, 0.15) is 67.2 Å². The number of unbranched alkanes of at least 4 members (excludes halogenated alkanes) is 1. The summed E-state index contributed by atoms with van der Waals surface area (Å²) in [5.41, 5.74) is -1.83. The molecule has 3 aromatic rings. The molecule has 0 atom stereocenters. The molecule has 0 bridgehead atoms. The SMILES string of the molecule is CCCCN1CC=Nc2cc(OC(C)(C)C3(N=O)CCN(C(=O)c4ccc(Oc5ccc(OC)cc5)c([N+](=O)[O-])c4)CC3)c(OC)cc2C1=O. The zero-order valence-corrected chi connectivity index (χ0v) is 28.8. The number of carbonyl (C=O) groups excluding carboxylic acids is 2. The highest BCUT2D eigenvalue weighted by Gasteiger charge is 2.52. The second-order valence-corrected chi connectivity index (χ2v) is 12.7. The van der Waals surface area contributed by atoms with Gasteiger partial charge in [0.2, 0.25) is 5.75 Å². The molecule has 0 aliphatic carbocycles. The van der Waals surface area contributed by atoms with E-state index in [1.165, 1.54) is 37.3 Å². The predicted octanol–water partition coefficient (Wildman–Crippen LogP) is 6.96. The summed E-state index contributed by atoms with van der Waals surface area (Å²) >= 11 is 0. The van der Waals surface area contributed by atoms with Crippen molar-refractivity contribution in [2.24, 2.45) is 10.2 Å². The number of hydrogen-bond donors (Lipinski definition) is 0. The van der Waals surface area contributed by atoms with Crippen LogP contribution in [0.2, 0.25) is 0 Å². The second kappa shape index (κ2) is 14.9. The Balaban J connectivity index is 1.31. The minimum Gasteiger partial charge on any atom is -0.497 e. The van der Waals surface area contributed by atoms with Crippen LogP contribution in [0, 0.1) is 15.0 Å². The Kier molecular flexibility index (Phi) is 10.7. The van der Waals surface area contributed by atoms with Crippen LogP contribution in [0.5, 0.6) is 28.7 Å². The number of likely N-dealkylation sites (tertiary alicyclic amines) is 1. The Morgan fingerprint density at radius 1 is 1.00 bits per heavy atom. The van der Waals surface area contributed by atoms with E-state index in [4.69, 9.17) is 18.9 Å². The van der Waals surface area contributed by atoms with Crippen LogP contribution in [0.15, 0.2) is 64.8 Å². The average molecular weight is 688 g/mol. The smallest absolute Gasteiger partial charge is 0.312 e. The van der Waals surface area contributed by atoms with Crippen LogP contribution < -0.4 is 18.9 Å². The van der Waals surface area contributed by atoms with Gasteiger partial charge in [0.1, 0.15) is 22.6 Å². The Labute approximate surface area is 290 Å². The summed E-state index contributed by atoms with van der Waals surface area (Å²) in [6.07, 6.45) is 3.86. The van der Waals surface area contributed by atoms with Gasteiger partial charge in [-0.2, -0.15) is 4.91 Å². The van der Waals surface area contributed by atoms with Crippen molar-refractivity contribution in [2.45, 2.75) is 57.6 Å². The molecule has 50 heavy (non-hydrogen) atoms. The monoisotopic (exact) mass is 687 g/mol. The summed E-state index contributed by atoms with van der Waals surface area (Å²) in [5.74, 6) is 0.990. The van der Waals surface area contributed by atoms with E-state index in [2.05, 4.69) is 17.1 Å². The van der Waals surface area contributed by atoms with Crippen molar-refractivity contribution in [2.75, 3.05) is 40.4 Å². The van der Waals surface area contributed by atoms with Crippen molar-refractivity contribution >= 4 is 29.4 Å². The second-order valence-electron chi connectivity index (χ2n) is 12.7. The average Bonchev–Trinajstić information content (AvgIpc) is 3.27. The molecule has 14 heteroatoms. The third-order valence-corrected chi connectivity index (χ3v) is 9.34.